The topological polar surface area (TPSA) is 93.8 Å². The third-order valence-electron chi connectivity index (χ3n) is 2.72. The van der Waals surface area contributed by atoms with Crippen LogP contribution in [0, 0.1) is 0 Å². The number of benzene rings is 1. The highest BCUT2D eigenvalue weighted by Crippen LogP contribution is 2.16. The summed E-state index contributed by atoms with van der Waals surface area (Å²) in [4.78, 5) is 13.3. The van der Waals surface area contributed by atoms with Crippen molar-refractivity contribution < 1.29 is 5.11 Å². The van der Waals surface area contributed by atoms with Crippen LogP contribution in [0.5, 0.6) is 0 Å². The van der Waals surface area contributed by atoms with Gasteiger partial charge in [-0.05, 0) is 18.1 Å². The average molecular weight is 248 g/mol. The number of nitrogens with zero attached hydrogens (tertiary/aromatic N) is 1. The number of aliphatic hydroxyl groups excluding tert-OH is 1. The summed E-state index contributed by atoms with van der Waals surface area (Å²) in [5, 5.41) is 18.9. The summed E-state index contributed by atoms with van der Waals surface area (Å²) in [6.07, 6.45) is 0.0623. The zero-order valence-electron chi connectivity index (χ0n) is 10.1. The van der Waals surface area contributed by atoms with Crippen molar-refractivity contribution in [2.24, 2.45) is 0 Å². The molecule has 6 heteroatoms. The van der Waals surface area contributed by atoms with Crippen molar-refractivity contribution >= 4 is 5.69 Å². The van der Waals surface area contributed by atoms with Crippen molar-refractivity contribution in [1.29, 1.82) is 0 Å². The standard InChI is InChI=1S/C12H16N4O2/c1-2-8-5-3-4-6-9(8)13-7-10(17)11-14-12(18)16-15-11/h3-6,10,13,17H,2,7H2,1H3,(H2,14,15,16,18). The van der Waals surface area contributed by atoms with E-state index in [4.69, 9.17) is 0 Å². The first-order chi connectivity index (χ1) is 8.70. The Bertz CT molecular complexity index is 561. The fourth-order valence-electron chi connectivity index (χ4n) is 1.75. The Morgan fingerprint density at radius 2 is 2.22 bits per heavy atom. The molecule has 0 aliphatic carbocycles. The molecule has 0 spiro atoms. The second-order valence-corrected chi connectivity index (χ2v) is 3.97. The Morgan fingerprint density at radius 3 is 2.89 bits per heavy atom. The Balaban J connectivity index is 2.01. The van der Waals surface area contributed by atoms with Crippen LogP contribution in [-0.4, -0.2) is 26.8 Å². The van der Waals surface area contributed by atoms with E-state index in [-0.39, 0.29) is 12.4 Å². The number of aryl methyl sites for hydroxylation is 1. The van der Waals surface area contributed by atoms with E-state index in [0.29, 0.717) is 0 Å². The highest BCUT2D eigenvalue weighted by Gasteiger charge is 2.11. The van der Waals surface area contributed by atoms with Gasteiger partial charge in [0.25, 0.3) is 0 Å². The van der Waals surface area contributed by atoms with Crippen LogP contribution in [0.4, 0.5) is 5.69 Å². The number of hydrogen-bond donors (Lipinski definition) is 4. The van der Waals surface area contributed by atoms with Crippen molar-refractivity contribution in [2.45, 2.75) is 19.4 Å². The molecule has 6 nitrogen and oxygen atoms in total. The molecule has 4 N–H and O–H groups in total. The zero-order chi connectivity index (χ0) is 13.0. The number of anilines is 1. The van der Waals surface area contributed by atoms with Crippen LogP contribution >= 0.6 is 0 Å². The summed E-state index contributed by atoms with van der Waals surface area (Å²) < 4.78 is 0. The van der Waals surface area contributed by atoms with Crippen LogP contribution in [0.25, 0.3) is 0 Å². The molecule has 1 aromatic carbocycles. The molecule has 0 aliphatic heterocycles. The molecule has 1 aromatic heterocycles. The van der Waals surface area contributed by atoms with Gasteiger partial charge in [0.1, 0.15) is 6.10 Å². The minimum Gasteiger partial charge on any atom is -0.383 e. The second kappa shape index (κ2) is 5.50. The summed E-state index contributed by atoms with van der Waals surface area (Å²) in [6, 6.07) is 7.90. The third kappa shape index (κ3) is 2.78. The molecule has 2 aromatic rings. The summed E-state index contributed by atoms with van der Waals surface area (Å²) in [5.74, 6) is 0.237. The van der Waals surface area contributed by atoms with Crippen molar-refractivity contribution in [3.05, 3.63) is 46.1 Å². The molecule has 0 saturated carbocycles. The number of H-pyrrole nitrogens is 2. The Kier molecular flexibility index (Phi) is 3.78. The largest absolute Gasteiger partial charge is 0.383 e. The summed E-state index contributed by atoms with van der Waals surface area (Å²) in [5.41, 5.74) is 1.75. The number of aromatic amines is 2. The van der Waals surface area contributed by atoms with Gasteiger partial charge in [-0.3, -0.25) is 4.98 Å². The van der Waals surface area contributed by atoms with Crippen molar-refractivity contribution in [3.8, 4) is 0 Å². The van der Waals surface area contributed by atoms with Gasteiger partial charge in [-0.15, -0.1) is 0 Å². The number of aromatic nitrogens is 3. The third-order valence-corrected chi connectivity index (χ3v) is 2.72. The first-order valence-electron chi connectivity index (χ1n) is 5.85. The van der Waals surface area contributed by atoms with Crippen molar-refractivity contribution in [3.63, 3.8) is 0 Å². The number of nitrogens with one attached hydrogen (secondary N) is 3. The number of hydrogen-bond acceptors (Lipinski definition) is 4. The Morgan fingerprint density at radius 1 is 1.44 bits per heavy atom. The van der Waals surface area contributed by atoms with Crippen molar-refractivity contribution in [2.75, 3.05) is 11.9 Å². The lowest BCUT2D eigenvalue weighted by atomic mass is 10.1. The van der Waals surface area contributed by atoms with E-state index in [1.54, 1.807) is 0 Å². The lowest BCUT2D eigenvalue weighted by molar-refractivity contribution is 0.182. The molecule has 2 rings (SSSR count). The Hall–Kier alpha value is -2.08. The van der Waals surface area contributed by atoms with Crippen LogP contribution in [0.1, 0.15) is 24.4 Å². The van der Waals surface area contributed by atoms with Gasteiger partial charge in [0.2, 0.25) is 0 Å². The average Bonchev–Trinajstić information content (AvgIpc) is 2.83. The molecule has 0 amide bonds. The molecule has 0 fully saturated rings. The normalized spacial score (nSPS) is 12.3. The molecule has 96 valence electrons. The molecular formula is C12H16N4O2. The van der Waals surface area contributed by atoms with Gasteiger partial charge in [0, 0.05) is 12.2 Å². The van der Waals surface area contributed by atoms with Crippen LogP contribution < -0.4 is 11.0 Å². The highest BCUT2D eigenvalue weighted by molar-refractivity contribution is 5.51. The number of aliphatic hydroxyl groups is 1. The van der Waals surface area contributed by atoms with Gasteiger partial charge in [-0.2, -0.15) is 5.10 Å². The van der Waals surface area contributed by atoms with E-state index in [1.807, 2.05) is 24.3 Å². The number of rotatable bonds is 5. The maximum Gasteiger partial charge on any atom is 0.340 e. The second-order valence-electron chi connectivity index (χ2n) is 3.97. The minimum absolute atomic E-state index is 0.237. The quantitative estimate of drug-likeness (QED) is 0.629. The van der Waals surface area contributed by atoms with Gasteiger partial charge in [-0.25, -0.2) is 9.89 Å². The lowest BCUT2D eigenvalue weighted by Gasteiger charge is -2.13. The first kappa shape index (κ1) is 12.4. The van der Waals surface area contributed by atoms with E-state index >= 15 is 0 Å². The molecule has 1 atom stereocenters. The van der Waals surface area contributed by atoms with Crippen molar-refractivity contribution in [1.82, 2.24) is 15.2 Å². The molecule has 18 heavy (non-hydrogen) atoms. The first-order valence-corrected chi connectivity index (χ1v) is 5.85. The van der Waals surface area contributed by atoms with Crippen LogP contribution in [0.15, 0.2) is 29.1 Å². The molecule has 0 saturated heterocycles. The number of para-hydroxylation sites is 1. The molecule has 1 unspecified atom stereocenters. The predicted molar refractivity (Wildman–Crippen MR) is 68.5 cm³/mol. The van der Waals surface area contributed by atoms with Crippen LogP contribution in [-0.2, 0) is 6.42 Å². The molecular weight excluding hydrogens is 232 g/mol. The summed E-state index contributed by atoms with van der Waals surface area (Å²) in [7, 11) is 0. The molecule has 0 radical (unpaired) electrons. The SMILES string of the molecule is CCc1ccccc1NCC(O)c1n[nH]c(=O)[nH]1. The van der Waals surface area contributed by atoms with E-state index < -0.39 is 11.8 Å². The van der Waals surface area contributed by atoms with Gasteiger partial charge in [-0.1, -0.05) is 25.1 Å². The van der Waals surface area contributed by atoms with E-state index in [1.165, 1.54) is 5.56 Å². The maximum atomic E-state index is 10.9. The fourth-order valence-corrected chi connectivity index (χ4v) is 1.75. The lowest BCUT2D eigenvalue weighted by Crippen LogP contribution is -2.15. The maximum absolute atomic E-state index is 10.9. The van der Waals surface area contributed by atoms with Gasteiger partial charge in [0.15, 0.2) is 5.82 Å². The van der Waals surface area contributed by atoms with E-state index in [9.17, 15) is 9.90 Å². The minimum atomic E-state index is -0.853. The van der Waals surface area contributed by atoms with E-state index in [2.05, 4.69) is 27.4 Å². The molecule has 0 aliphatic rings. The van der Waals surface area contributed by atoms with Crippen LogP contribution in [0.3, 0.4) is 0 Å². The highest BCUT2D eigenvalue weighted by atomic mass is 16.3. The van der Waals surface area contributed by atoms with Gasteiger partial charge in [0.05, 0.1) is 0 Å². The Labute approximate surface area is 104 Å². The fraction of sp³-hybridized carbons (Fsp3) is 0.333. The monoisotopic (exact) mass is 248 g/mol. The van der Waals surface area contributed by atoms with E-state index in [0.717, 1.165) is 12.1 Å². The zero-order valence-corrected chi connectivity index (χ0v) is 10.1. The molecule has 0 bridgehead atoms. The van der Waals surface area contributed by atoms with Gasteiger partial charge < -0.3 is 10.4 Å². The summed E-state index contributed by atoms with van der Waals surface area (Å²) in [6.45, 7) is 2.36. The van der Waals surface area contributed by atoms with Gasteiger partial charge >= 0.3 is 5.69 Å². The van der Waals surface area contributed by atoms with Crippen LogP contribution in [0.2, 0.25) is 0 Å². The smallest absolute Gasteiger partial charge is 0.340 e. The summed E-state index contributed by atoms with van der Waals surface area (Å²) >= 11 is 0. The molecule has 1 heterocycles. The predicted octanol–water partition coefficient (Wildman–Crippen LogP) is 0.806.